The lowest BCUT2D eigenvalue weighted by molar-refractivity contribution is -0.153. The summed E-state index contributed by atoms with van der Waals surface area (Å²) in [6, 6.07) is 6.97. The highest BCUT2D eigenvalue weighted by Crippen LogP contribution is 2.19. The van der Waals surface area contributed by atoms with Crippen molar-refractivity contribution in [3.05, 3.63) is 29.8 Å². The summed E-state index contributed by atoms with van der Waals surface area (Å²) in [5, 5.41) is 6.73. The van der Waals surface area contributed by atoms with Gasteiger partial charge in [0.2, 0.25) is 0 Å². The number of benzene rings is 1. The number of alkyl halides is 3. The maximum absolute atomic E-state index is 12.3. The zero-order chi connectivity index (χ0) is 22.9. The van der Waals surface area contributed by atoms with E-state index in [1.54, 1.807) is 24.3 Å². The van der Waals surface area contributed by atoms with Crippen molar-refractivity contribution in [3.63, 3.8) is 0 Å². The Morgan fingerprint density at radius 1 is 1.10 bits per heavy atom. The van der Waals surface area contributed by atoms with Crippen LogP contribution in [0, 0.1) is 5.92 Å². The van der Waals surface area contributed by atoms with Crippen molar-refractivity contribution in [2.75, 3.05) is 52.9 Å². The smallest absolute Gasteiger partial charge is 0.422 e. The molecule has 0 bridgehead atoms. The van der Waals surface area contributed by atoms with E-state index in [1.165, 1.54) is 0 Å². The molecule has 1 aliphatic heterocycles. The number of nitrogens with one attached hydrogen (secondary N) is 2. The van der Waals surface area contributed by atoms with Gasteiger partial charge < -0.3 is 20.3 Å². The molecule has 1 heterocycles. The average molecular weight is 444 g/mol. The second-order valence-corrected chi connectivity index (χ2v) is 8.27. The van der Waals surface area contributed by atoms with Crippen molar-refractivity contribution in [1.82, 2.24) is 20.4 Å². The van der Waals surface area contributed by atoms with Crippen LogP contribution >= 0.6 is 0 Å². The molecule has 2 rings (SSSR count). The Hall–Kier alpha value is -2.00. The summed E-state index contributed by atoms with van der Waals surface area (Å²) in [4.78, 5) is 9.53. The number of nitrogens with zero attached hydrogens (tertiary/aromatic N) is 3. The van der Waals surface area contributed by atoms with Crippen molar-refractivity contribution < 1.29 is 17.9 Å². The first-order valence-electron chi connectivity index (χ1n) is 10.9. The summed E-state index contributed by atoms with van der Waals surface area (Å²) in [6.07, 6.45) is -4.34. The fraction of sp³-hybridized carbons (Fsp3) is 0.682. The number of ether oxygens (including phenoxy) is 1. The van der Waals surface area contributed by atoms with E-state index in [0.29, 0.717) is 18.5 Å². The van der Waals surface area contributed by atoms with Crippen molar-refractivity contribution >= 4 is 5.96 Å². The van der Waals surface area contributed by atoms with E-state index >= 15 is 0 Å². The lowest BCUT2D eigenvalue weighted by atomic mass is 10.0. The largest absolute Gasteiger partial charge is 0.484 e. The van der Waals surface area contributed by atoms with E-state index in [2.05, 4.69) is 46.3 Å². The van der Waals surface area contributed by atoms with E-state index in [0.717, 1.165) is 50.8 Å². The van der Waals surface area contributed by atoms with E-state index < -0.39 is 12.8 Å². The summed E-state index contributed by atoms with van der Waals surface area (Å²) in [5.41, 5.74) is 0.899. The Kier molecular flexibility index (Phi) is 9.90. The second-order valence-electron chi connectivity index (χ2n) is 8.27. The summed E-state index contributed by atoms with van der Waals surface area (Å²) < 4.78 is 41.5. The predicted molar refractivity (Wildman–Crippen MR) is 119 cm³/mol. The number of likely N-dealkylation sites (N-methyl/N-ethyl adjacent to an activating group) is 1. The van der Waals surface area contributed by atoms with Crippen molar-refractivity contribution in [3.8, 4) is 5.75 Å². The molecule has 0 radical (unpaired) electrons. The first-order chi connectivity index (χ1) is 14.7. The second kappa shape index (κ2) is 12.1. The number of hydrogen-bond donors (Lipinski definition) is 2. The summed E-state index contributed by atoms with van der Waals surface area (Å²) >= 11 is 0. The summed E-state index contributed by atoms with van der Waals surface area (Å²) in [6.45, 7) is 11.5. The molecule has 9 heteroatoms. The molecule has 1 atom stereocenters. The van der Waals surface area contributed by atoms with Gasteiger partial charge in [-0.15, -0.1) is 0 Å². The van der Waals surface area contributed by atoms with Gasteiger partial charge in [-0.3, -0.25) is 4.90 Å². The van der Waals surface area contributed by atoms with Gasteiger partial charge in [0.05, 0.1) is 6.54 Å². The van der Waals surface area contributed by atoms with Crippen LogP contribution in [0.15, 0.2) is 29.3 Å². The molecule has 0 aliphatic carbocycles. The molecule has 1 fully saturated rings. The van der Waals surface area contributed by atoms with Gasteiger partial charge >= 0.3 is 6.18 Å². The minimum absolute atomic E-state index is 0.196. The third-order valence-electron chi connectivity index (χ3n) is 5.34. The maximum atomic E-state index is 12.3. The fourth-order valence-corrected chi connectivity index (χ4v) is 3.51. The standard InChI is InChI=1S/C22H36F3N5O/c1-5-26-21(28-15-20(17(2)3)30-12-10-29(4)11-13-30)27-14-18-6-8-19(9-7-18)31-16-22(23,24)25/h6-9,17,20H,5,10-16H2,1-4H3,(H2,26,27,28). The molecule has 1 aliphatic rings. The lowest BCUT2D eigenvalue weighted by Gasteiger charge is -2.40. The Labute approximate surface area is 183 Å². The quantitative estimate of drug-likeness (QED) is 0.454. The van der Waals surface area contributed by atoms with Gasteiger partial charge in [0, 0.05) is 45.3 Å². The van der Waals surface area contributed by atoms with Crippen LogP contribution in [0.5, 0.6) is 5.75 Å². The van der Waals surface area contributed by atoms with Crippen LogP contribution in [0.4, 0.5) is 13.2 Å². The number of aliphatic imine (C=N–C) groups is 1. The van der Waals surface area contributed by atoms with Gasteiger partial charge in [0.15, 0.2) is 12.6 Å². The Balaban J connectivity index is 1.91. The van der Waals surface area contributed by atoms with Crippen molar-refractivity contribution in [1.29, 1.82) is 0 Å². The molecular formula is C22H36F3N5O. The van der Waals surface area contributed by atoms with Crippen molar-refractivity contribution in [2.24, 2.45) is 10.9 Å². The van der Waals surface area contributed by atoms with Gasteiger partial charge in [-0.2, -0.15) is 13.2 Å². The molecule has 1 aromatic rings. The van der Waals surface area contributed by atoms with E-state index in [9.17, 15) is 13.2 Å². The molecule has 1 unspecified atom stereocenters. The minimum atomic E-state index is -4.34. The molecular weight excluding hydrogens is 407 g/mol. The molecule has 0 saturated carbocycles. The number of rotatable bonds is 9. The number of halogens is 3. The number of hydrogen-bond acceptors (Lipinski definition) is 4. The summed E-state index contributed by atoms with van der Waals surface area (Å²) in [5.74, 6) is 1.45. The summed E-state index contributed by atoms with van der Waals surface area (Å²) in [7, 11) is 2.16. The highest BCUT2D eigenvalue weighted by molar-refractivity contribution is 5.79. The topological polar surface area (TPSA) is 52.1 Å². The molecule has 0 aromatic heterocycles. The molecule has 6 nitrogen and oxygen atoms in total. The highest BCUT2D eigenvalue weighted by atomic mass is 19.4. The Morgan fingerprint density at radius 3 is 2.29 bits per heavy atom. The van der Waals surface area contributed by atoms with Crippen LogP contribution in [0.1, 0.15) is 26.3 Å². The Morgan fingerprint density at radius 2 is 1.74 bits per heavy atom. The Bertz CT molecular complexity index is 671. The monoisotopic (exact) mass is 443 g/mol. The number of guanidine groups is 1. The SMILES string of the molecule is CCNC(=NCc1ccc(OCC(F)(F)F)cc1)NCC(C(C)C)N1CCN(C)CC1. The van der Waals surface area contributed by atoms with E-state index in [4.69, 9.17) is 4.74 Å². The number of piperazine rings is 1. The average Bonchev–Trinajstić information content (AvgIpc) is 2.72. The molecule has 2 N–H and O–H groups in total. The third kappa shape index (κ3) is 9.35. The molecule has 1 saturated heterocycles. The first kappa shape index (κ1) is 25.3. The van der Waals surface area contributed by atoms with Crippen LogP contribution in [0.3, 0.4) is 0 Å². The molecule has 0 spiro atoms. The van der Waals surface area contributed by atoms with Gasteiger partial charge in [-0.25, -0.2) is 4.99 Å². The van der Waals surface area contributed by atoms with E-state index in [-0.39, 0.29) is 5.75 Å². The molecule has 0 amide bonds. The van der Waals surface area contributed by atoms with Gasteiger partial charge in [-0.05, 0) is 37.6 Å². The van der Waals surface area contributed by atoms with E-state index in [1.807, 2.05) is 6.92 Å². The minimum Gasteiger partial charge on any atom is -0.484 e. The molecule has 31 heavy (non-hydrogen) atoms. The van der Waals surface area contributed by atoms with Crippen LogP contribution < -0.4 is 15.4 Å². The van der Waals surface area contributed by atoms with Crippen LogP contribution in [0.25, 0.3) is 0 Å². The predicted octanol–water partition coefficient (Wildman–Crippen LogP) is 2.95. The maximum Gasteiger partial charge on any atom is 0.422 e. The zero-order valence-corrected chi connectivity index (χ0v) is 19.0. The highest BCUT2D eigenvalue weighted by Gasteiger charge is 2.28. The van der Waals surface area contributed by atoms with Crippen LogP contribution in [-0.4, -0.2) is 80.9 Å². The molecule has 176 valence electrons. The van der Waals surface area contributed by atoms with Crippen LogP contribution in [0.2, 0.25) is 0 Å². The van der Waals surface area contributed by atoms with Gasteiger partial charge in [0.1, 0.15) is 5.75 Å². The molecule has 1 aromatic carbocycles. The first-order valence-corrected chi connectivity index (χ1v) is 10.9. The third-order valence-corrected chi connectivity index (χ3v) is 5.34. The van der Waals surface area contributed by atoms with Crippen molar-refractivity contribution in [2.45, 2.75) is 39.5 Å². The van der Waals surface area contributed by atoms with Gasteiger partial charge in [-0.1, -0.05) is 26.0 Å². The fourth-order valence-electron chi connectivity index (χ4n) is 3.51. The van der Waals surface area contributed by atoms with Gasteiger partial charge in [0.25, 0.3) is 0 Å². The van der Waals surface area contributed by atoms with Crippen LogP contribution in [-0.2, 0) is 6.54 Å². The normalized spacial score (nSPS) is 17.6. The zero-order valence-electron chi connectivity index (χ0n) is 19.0. The lowest BCUT2D eigenvalue weighted by Crippen LogP contribution is -2.55.